The van der Waals surface area contributed by atoms with Crippen LogP contribution in [0.15, 0.2) is 41.3 Å². The number of hydrogen-bond acceptors (Lipinski definition) is 4. The minimum Gasteiger partial charge on any atom is -0.381 e. The van der Waals surface area contributed by atoms with Crippen LogP contribution in [-0.4, -0.2) is 33.6 Å². The summed E-state index contributed by atoms with van der Waals surface area (Å²) in [4.78, 5) is 14.7. The second-order valence-electron chi connectivity index (χ2n) is 9.87. The van der Waals surface area contributed by atoms with E-state index in [9.17, 15) is 17.6 Å². The average Bonchev–Trinajstić information content (AvgIpc) is 2.76. The highest BCUT2D eigenvalue weighted by Crippen LogP contribution is 2.46. The second-order valence-corrected chi connectivity index (χ2v) is 12.9. The molecule has 1 aliphatic heterocycles. The summed E-state index contributed by atoms with van der Waals surface area (Å²) in [5.41, 5.74) is 0.390. The van der Waals surface area contributed by atoms with Gasteiger partial charge >= 0.3 is 0 Å². The van der Waals surface area contributed by atoms with Crippen molar-refractivity contribution in [3.8, 4) is 0 Å². The van der Waals surface area contributed by atoms with E-state index in [-0.39, 0.29) is 52.9 Å². The second kappa shape index (κ2) is 9.76. The quantitative estimate of drug-likeness (QED) is 0.420. The maximum atomic E-state index is 13.9. The van der Waals surface area contributed by atoms with Gasteiger partial charge < -0.3 is 9.64 Å². The average molecular weight is 530 g/mol. The Hall–Kier alpha value is -1.67. The highest BCUT2D eigenvalue weighted by molar-refractivity contribution is 7.92. The fraction of sp³-hybridized carbons (Fsp3) is 0.480. The minimum absolute atomic E-state index is 0.0623. The Bertz CT molecular complexity index is 1190. The summed E-state index contributed by atoms with van der Waals surface area (Å²) in [5.74, 6) is -0.780. The molecule has 2 aromatic carbocycles. The fourth-order valence-electron chi connectivity index (χ4n) is 4.25. The summed E-state index contributed by atoms with van der Waals surface area (Å²) < 4.78 is 45.7. The summed E-state index contributed by atoms with van der Waals surface area (Å²) in [5, 5.41) is 0.0203. The number of amides is 1. The third-order valence-corrected chi connectivity index (χ3v) is 9.27. The van der Waals surface area contributed by atoms with E-state index in [2.05, 4.69) is 0 Å². The molecule has 5 nitrogen and oxygen atoms in total. The molecule has 0 aliphatic carbocycles. The van der Waals surface area contributed by atoms with Crippen LogP contribution in [0, 0.1) is 11.2 Å². The largest absolute Gasteiger partial charge is 0.381 e. The van der Waals surface area contributed by atoms with Crippen LogP contribution in [0.2, 0.25) is 10.0 Å². The Morgan fingerprint density at radius 3 is 2.18 bits per heavy atom. The minimum atomic E-state index is -3.99. The smallest absolute Gasteiger partial charge is 0.232 e. The lowest BCUT2D eigenvalue weighted by Crippen LogP contribution is -2.44. The molecule has 3 rings (SSSR count). The summed E-state index contributed by atoms with van der Waals surface area (Å²) in [6.45, 7) is 9.80. The molecular weight excluding hydrogens is 500 g/mol. The topological polar surface area (TPSA) is 63.7 Å². The fourth-order valence-corrected chi connectivity index (χ4v) is 6.88. The van der Waals surface area contributed by atoms with Gasteiger partial charge in [-0.05, 0) is 62.6 Å². The normalized spacial score (nSPS) is 16.5. The van der Waals surface area contributed by atoms with Crippen LogP contribution in [0.25, 0.3) is 0 Å². The number of hydrogen-bond donors (Lipinski definition) is 0. The molecule has 0 saturated carbocycles. The van der Waals surface area contributed by atoms with E-state index in [0.29, 0.717) is 11.3 Å². The molecule has 0 N–H and O–H groups in total. The Morgan fingerprint density at radius 1 is 1.06 bits per heavy atom. The number of carbonyl (C=O) groups is 1. The lowest BCUT2D eigenvalue weighted by Gasteiger charge is -2.38. The molecule has 0 spiro atoms. The van der Waals surface area contributed by atoms with Gasteiger partial charge in [0.05, 0.1) is 20.6 Å². The molecule has 0 radical (unpaired) electrons. The van der Waals surface area contributed by atoms with Crippen molar-refractivity contribution in [2.24, 2.45) is 5.41 Å². The monoisotopic (exact) mass is 529 g/mol. The molecule has 186 valence electrons. The van der Waals surface area contributed by atoms with Crippen LogP contribution in [0.1, 0.15) is 53.0 Å². The van der Waals surface area contributed by atoms with Gasteiger partial charge in [0, 0.05) is 24.7 Å². The zero-order valence-electron chi connectivity index (χ0n) is 20.0. The third kappa shape index (κ3) is 4.85. The van der Waals surface area contributed by atoms with Crippen LogP contribution in [0.5, 0.6) is 0 Å². The van der Waals surface area contributed by atoms with Crippen LogP contribution < -0.4 is 4.90 Å². The number of benzene rings is 2. The molecule has 34 heavy (non-hydrogen) atoms. The van der Waals surface area contributed by atoms with Crippen LogP contribution >= 0.6 is 23.2 Å². The molecular formula is C25H30Cl2FNO4S. The van der Waals surface area contributed by atoms with Crippen molar-refractivity contribution in [3.63, 3.8) is 0 Å². The van der Waals surface area contributed by atoms with Crippen molar-refractivity contribution in [3.05, 3.63) is 57.8 Å². The van der Waals surface area contributed by atoms with Gasteiger partial charge in [-0.2, -0.15) is 0 Å². The van der Waals surface area contributed by atoms with Crippen LogP contribution in [0.4, 0.5) is 10.1 Å². The van der Waals surface area contributed by atoms with Gasteiger partial charge in [0.25, 0.3) is 0 Å². The van der Waals surface area contributed by atoms with Gasteiger partial charge in [-0.15, -0.1) is 0 Å². The van der Waals surface area contributed by atoms with Crippen molar-refractivity contribution in [2.75, 3.05) is 18.1 Å². The van der Waals surface area contributed by atoms with E-state index in [1.807, 2.05) is 34.6 Å². The predicted octanol–water partition coefficient (Wildman–Crippen LogP) is 6.40. The predicted molar refractivity (Wildman–Crippen MR) is 134 cm³/mol. The van der Waals surface area contributed by atoms with Gasteiger partial charge in [0.1, 0.15) is 10.6 Å². The third-order valence-electron chi connectivity index (χ3n) is 6.13. The Balaban J connectivity index is 2.15. The maximum Gasteiger partial charge on any atom is 0.232 e. The zero-order valence-corrected chi connectivity index (χ0v) is 22.3. The first-order valence-corrected chi connectivity index (χ1v) is 13.4. The lowest BCUT2D eigenvalue weighted by atomic mass is 9.89. The number of nitrogens with zero attached hydrogens (tertiary/aromatic N) is 1. The number of ether oxygens (including phenoxy) is 1. The number of carbonyl (C=O) groups excluding carboxylic acids is 1. The zero-order chi connectivity index (χ0) is 25.5. The number of sulfone groups is 1. The highest BCUT2D eigenvalue weighted by atomic mass is 35.5. The van der Waals surface area contributed by atoms with Crippen molar-refractivity contribution >= 4 is 44.6 Å². The van der Waals surface area contributed by atoms with Crippen molar-refractivity contribution < 1.29 is 22.3 Å². The van der Waals surface area contributed by atoms with Gasteiger partial charge in [-0.25, -0.2) is 12.8 Å². The van der Waals surface area contributed by atoms with E-state index in [4.69, 9.17) is 27.9 Å². The SMILES string of the molecule is CC(C)N(C(=O)C(C)(C)C)c1ccc(C2(S(=O)(=O)c3ccc(F)c(Cl)c3)CCOCC2)cc1Cl. The number of anilines is 1. The molecule has 0 atom stereocenters. The van der Waals surface area contributed by atoms with Crippen molar-refractivity contribution in [1.29, 1.82) is 0 Å². The van der Waals surface area contributed by atoms with Crippen molar-refractivity contribution in [2.45, 2.75) is 63.1 Å². The van der Waals surface area contributed by atoms with E-state index in [0.717, 1.165) is 12.1 Å². The van der Waals surface area contributed by atoms with Gasteiger partial charge in [0.15, 0.2) is 9.84 Å². The van der Waals surface area contributed by atoms with Gasteiger partial charge in [0.2, 0.25) is 5.91 Å². The van der Waals surface area contributed by atoms with Crippen LogP contribution in [-0.2, 0) is 24.1 Å². The standard InChI is InChI=1S/C25H30Cl2FNO4S/c1-16(2)29(23(30)24(3,4)5)22-9-6-17(14-20(22)27)25(10-12-33-13-11-25)34(31,32)18-7-8-21(28)19(26)15-18/h6-9,14-16H,10-13H2,1-5H3. The summed E-state index contributed by atoms with van der Waals surface area (Å²) in [7, 11) is -3.99. The van der Waals surface area contributed by atoms with E-state index in [1.54, 1.807) is 23.1 Å². The maximum absolute atomic E-state index is 13.9. The number of rotatable bonds is 5. The first-order valence-electron chi connectivity index (χ1n) is 11.1. The molecule has 0 unspecified atom stereocenters. The van der Waals surface area contributed by atoms with E-state index >= 15 is 0 Å². The molecule has 1 heterocycles. The Morgan fingerprint density at radius 2 is 1.68 bits per heavy atom. The first-order chi connectivity index (χ1) is 15.7. The summed E-state index contributed by atoms with van der Waals surface area (Å²) in [6.07, 6.45) is 0.406. The highest BCUT2D eigenvalue weighted by Gasteiger charge is 2.48. The molecule has 1 aliphatic rings. The van der Waals surface area contributed by atoms with E-state index < -0.39 is 25.8 Å². The molecule has 9 heteroatoms. The summed E-state index contributed by atoms with van der Waals surface area (Å²) in [6, 6.07) is 8.30. The van der Waals surface area contributed by atoms with Crippen LogP contribution in [0.3, 0.4) is 0 Å². The lowest BCUT2D eigenvalue weighted by molar-refractivity contribution is -0.126. The molecule has 1 saturated heterocycles. The summed E-state index contributed by atoms with van der Waals surface area (Å²) >= 11 is 12.6. The van der Waals surface area contributed by atoms with E-state index in [1.165, 1.54) is 6.07 Å². The first kappa shape index (κ1) is 26.9. The molecule has 1 fully saturated rings. The molecule has 2 aromatic rings. The molecule has 0 aromatic heterocycles. The molecule has 1 amide bonds. The Labute approximate surface area is 211 Å². The van der Waals surface area contributed by atoms with Gasteiger partial charge in [-0.3, -0.25) is 4.79 Å². The Kier molecular flexibility index (Phi) is 7.73. The number of halogens is 3. The molecule has 0 bridgehead atoms. The van der Waals surface area contributed by atoms with Gasteiger partial charge in [-0.1, -0.05) is 50.0 Å². The van der Waals surface area contributed by atoms with Crippen molar-refractivity contribution in [1.82, 2.24) is 0 Å².